The van der Waals surface area contributed by atoms with Gasteiger partial charge in [0.2, 0.25) is 5.91 Å². The second-order valence-corrected chi connectivity index (χ2v) is 12.0. The number of nitriles is 1. The largest absolute Gasteiger partial charge is 0.340 e. The van der Waals surface area contributed by atoms with Crippen LogP contribution < -0.4 is 10.9 Å². The standard InChI is InChI=1S/C27H26N6O3S/c1-14-7-18(26(36)33-22(14)19(34)9-27(33)5-2-6-27)31-23-21-17-4-3-16(25(35)32-11-15(10-28)12-32)8-20(17)37-24(21)30-13-29-23/h7,13,15-16H,2-6,8-9,11-12H2,1H3,(H,29,30,31)/t16-/m0/s1. The van der Waals surface area contributed by atoms with E-state index >= 15 is 0 Å². The first-order valence-corrected chi connectivity index (χ1v) is 13.7. The molecule has 1 spiro atoms. The number of nitrogens with one attached hydrogen (secondary N) is 1. The first-order valence-electron chi connectivity index (χ1n) is 12.9. The number of carbonyl (C=O) groups excluding carboxylic acids is 2. The van der Waals surface area contributed by atoms with Gasteiger partial charge < -0.3 is 10.2 Å². The molecular formula is C27H26N6O3S. The number of likely N-dealkylation sites (tertiary alicyclic amines) is 1. The quantitative estimate of drug-likeness (QED) is 0.568. The van der Waals surface area contributed by atoms with E-state index in [1.54, 1.807) is 26.9 Å². The predicted molar refractivity (Wildman–Crippen MR) is 138 cm³/mol. The van der Waals surface area contributed by atoms with E-state index < -0.39 is 0 Å². The fraction of sp³-hybridized carbons (Fsp3) is 0.481. The van der Waals surface area contributed by atoms with Crippen LogP contribution in [0.2, 0.25) is 0 Å². The van der Waals surface area contributed by atoms with Crippen molar-refractivity contribution < 1.29 is 9.59 Å². The Balaban J connectivity index is 1.22. The van der Waals surface area contributed by atoms with E-state index in [2.05, 4.69) is 21.4 Å². The molecule has 1 atom stereocenters. The van der Waals surface area contributed by atoms with Crippen molar-refractivity contribution in [3.05, 3.63) is 44.4 Å². The molecule has 7 rings (SSSR count). The molecule has 2 aliphatic carbocycles. The van der Waals surface area contributed by atoms with Crippen LogP contribution in [0.5, 0.6) is 0 Å². The molecule has 0 bridgehead atoms. The van der Waals surface area contributed by atoms with Crippen LogP contribution in [0.25, 0.3) is 10.2 Å². The van der Waals surface area contributed by atoms with E-state index in [1.165, 1.54) is 6.33 Å². The lowest BCUT2D eigenvalue weighted by atomic mass is 9.75. The number of amides is 1. The van der Waals surface area contributed by atoms with Gasteiger partial charge in [0.05, 0.1) is 28.6 Å². The number of anilines is 2. The van der Waals surface area contributed by atoms with Crippen LogP contribution in [0.4, 0.5) is 11.5 Å². The van der Waals surface area contributed by atoms with E-state index in [0.29, 0.717) is 43.1 Å². The average Bonchev–Trinajstić information content (AvgIpc) is 3.37. The van der Waals surface area contributed by atoms with Crippen molar-refractivity contribution in [1.29, 1.82) is 5.26 Å². The van der Waals surface area contributed by atoms with E-state index in [4.69, 9.17) is 5.26 Å². The molecule has 0 aromatic carbocycles. The van der Waals surface area contributed by atoms with Crippen LogP contribution in [0.15, 0.2) is 17.2 Å². The van der Waals surface area contributed by atoms with Gasteiger partial charge in [-0.05, 0) is 62.6 Å². The van der Waals surface area contributed by atoms with Gasteiger partial charge in [-0.2, -0.15) is 5.26 Å². The molecule has 0 unspecified atom stereocenters. The van der Waals surface area contributed by atoms with Gasteiger partial charge in [0.15, 0.2) is 5.78 Å². The third kappa shape index (κ3) is 3.23. The van der Waals surface area contributed by atoms with Gasteiger partial charge >= 0.3 is 0 Å². The summed E-state index contributed by atoms with van der Waals surface area (Å²) in [4.78, 5) is 52.2. The topological polar surface area (TPSA) is 121 Å². The maximum absolute atomic E-state index is 13.6. The molecule has 9 nitrogen and oxygen atoms in total. The lowest BCUT2D eigenvalue weighted by Gasteiger charge is -2.39. The fourth-order valence-corrected chi connectivity index (χ4v) is 7.89. The molecule has 10 heteroatoms. The Labute approximate surface area is 217 Å². The third-order valence-electron chi connectivity index (χ3n) is 8.73. The molecular weight excluding hydrogens is 488 g/mol. The summed E-state index contributed by atoms with van der Waals surface area (Å²) in [5.41, 5.74) is 2.40. The van der Waals surface area contributed by atoms with Crippen molar-refractivity contribution in [3.63, 3.8) is 0 Å². The molecule has 37 heavy (non-hydrogen) atoms. The zero-order valence-electron chi connectivity index (χ0n) is 20.5. The van der Waals surface area contributed by atoms with Crippen molar-refractivity contribution in [2.24, 2.45) is 11.8 Å². The molecule has 1 saturated heterocycles. The molecule has 1 N–H and O–H groups in total. The Kier molecular flexibility index (Phi) is 4.86. The zero-order chi connectivity index (χ0) is 25.5. The highest BCUT2D eigenvalue weighted by Crippen LogP contribution is 2.47. The van der Waals surface area contributed by atoms with E-state index in [0.717, 1.165) is 58.3 Å². The average molecular weight is 515 g/mol. The Bertz CT molecular complexity index is 1600. The first-order chi connectivity index (χ1) is 17.9. The Morgan fingerprint density at radius 3 is 2.81 bits per heavy atom. The van der Waals surface area contributed by atoms with Crippen molar-refractivity contribution in [3.8, 4) is 6.07 Å². The number of carbonyl (C=O) groups is 2. The smallest absolute Gasteiger partial charge is 0.275 e. The van der Waals surface area contributed by atoms with Crippen molar-refractivity contribution >= 4 is 44.7 Å². The number of Topliss-reactive ketones (excluding diaryl/α,β-unsaturated/α-hetero) is 1. The SMILES string of the molecule is Cc1cc(Nc2ncnc3sc4c(c23)CC[C@H](C(=O)N2CC(C#N)C2)C4)c(=O)n2c1C(=O)CC21CCC1. The van der Waals surface area contributed by atoms with Crippen molar-refractivity contribution in [2.45, 2.75) is 57.4 Å². The molecule has 5 heterocycles. The highest BCUT2D eigenvalue weighted by Gasteiger charge is 2.49. The normalized spacial score (nSPS) is 21.8. The predicted octanol–water partition coefficient (Wildman–Crippen LogP) is 3.46. The number of ketones is 1. The minimum Gasteiger partial charge on any atom is -0.340 e. The number of nitrogens with zero attached hydrogens (tertiary/aromatic N) is 5. The highest BCUT2D eigenvalue weighted by atomic mass is 32.1. The van der Waals surface area contributed by atoms with Crippen LogP contribution in [-0.2, 0) is 23.2 Å². The van der Waals surface area contributed by atoms with Gasteiger partial charge in [0, 0.05) is 30.3 Å². The van der Waals surface area contributed by atoms with Crippen LogP contribution in [0, 0.1) is 30.1 Å². The van der Waals surface area contributed by atoms with Crippen LogP contribution in [-0.4, -0.2) is 44.2 Å². The molecule has 3 aromatic rings. The van der Waals surface area contributed by atoms with E-state index in [9.17, 15) is 14.4 Å². The maximum Gasteiger partial charge on any atom is 0.275 e. The maximum atomic E-state index is 13.6. The minimum absolute atomic E-state index is 0.0412. The molecule has 0 radical (unpaired) electrons. The van der Waals surface area contributed by atoms with E-state index in [-0.39, 0.29) is 34.6 Å². The summed E-state index contributed by atoms with van der Waals surface area (Å²) < 4.78 is 1.75. The number of hydrogen-bond acceptors (Lipinski definition) is 8. The van der Waals surface area contributed by atoms with E-state index in [1.807, 2.05) is 6.92 Å². The Morgan fingerprint density at radius 2 is 2.08 bits per heavy atom. The second-order valence-electron chi connectivity index (χ2n) is 10.9. The number of thiophene rings is 1. The van der Waals surface area contributed by atoms with Crippen molar-refractivity contribution in [2.75, 3.05) is 18.4 Å². The number of hydrogen-bond donors (Lipinski definition) is 1. The fourth-order valence-electron chi connectivity index (χ4n) is 6.62. The Morgan fingerprint density at radius 1 is 1.27 bits per heavy atom. The number of aryl methyl sites for hydroxylation is 2. The summed E-state index contributed by atoms with van der Waals surface area (Å²) >= 11 is 1.59. The molecule has 2 aliphatic heterocycles. The summed E-state index contributed by atoms with van der Waals surface area (Å²) in [6, 6.07) is 4.00. The summed E-state index contributed by atoms with van der Waals surface area (Å²) in [6.45, 7) is 2.96. The molecule has 2 fully saturated rings. The zero-order valence-corrected chi connectivity index (χ0v) is 21.4. The summed E-state index contributed by atoms with van der Waals surface area (Å²) in [7, 11) is 0. The molecule has 1 saturated carbocycles. The van der Waals surface area contributed by atoms with Gasteiger partial charge in [-0.1, -0.05) is 0 Å². The first kappa shape index (κ1) is 22.6. The summed E-state index contributed by atoms with van der Waals surface area (Å²) in [5, 5.41) is 13.3. The number of fused-ring (bicyclic) bond motifs is 5. The van der Waals surface area contributed by atoms with Gasteiger partial charge in [-0.25, -0.2) is 9.97 Å². The highest BCUT2D eigenvalue weighted by molar-refractivity contribution is 7.19. The van der Waals surface area contributed by atoms with Crippen molar-refractivity contribution in [1.82, 2.24) is 19.4 Å². The van der Waals surface area contributed by atoms with Crippen LogP contribution in [0.1, 0.15) is 58.6 Å². The van der Waals surface area contributed by atoms with Gasteiger partial charge in [-0.3, -0.25) is 19.0 Å². The lowest BCUT2D eigenvalue weighted by molar-refractivity contribution is -0.141. The van der Waals surface area contributed by atoms with Gasteiger partial charge in [0.1, 0.15) is 22.7 Å². The summed E-state index contributed by atoms with van der Waals surface area (Å²) in [6.07, 6.45) is 6.81. The Hall–Kier alpha value is -3.58. The second kappa shape index (κ2) is 7.96. The molecule has 4 aliphatic rings. The van der Waals surface area contributed by atoms with Gasteiger partial charge in [-0.15, -0.1) is 11.3 Å². The number of aromatic nitrogens is 3. The molecule has 3 aromatic heterocycles. The third-order valence-corrected chi connectivity index (χ3v) is 9.89. The monoisotopic (exact) mass is 514 g/mol. The summed E-state index contributed by atoms with van der Waals surface area (Å²) in [5.74, 6) is 0.670. The van der Waals surface area contributed by atoms with Crippen LogP contribution >= 0.6 is 11.3 Å². The molecule has 188 valence electrons. The van der Waals surface area contributed by atoms with Gasteiger partial charge in [0.25, 0.3) is 5.56 Å². The number of rotatable bonds is 3. The number of pyridine rings is 1. The van der Waals surface area contributed by atoms with Crippen LogP contribution in [0.3, 0.4) is 0 Å². The molecule has 1 amide bonds. The minimum atomic E-state index is -0.361. The lowest BCUT2D eigenvalue weighted by Crippen LogP contribution is -2.52.